The molecule has 0 spiro atoms. The van der Waals surface area contributed by atoms with Crippen LogP contribution in [0.5, 0.6) is 0 Å². The SMILES string of the molecule is CCCCC1CC(CC2CCNC(N)C2)CC2C#CC(C3CCCCC3)C3C(CCC(=O)CC(=O)C2C1)CC(OC)C(O)C3CCC1CCCCC1. The van der Waals surface area contributed by atoms with E-state index in [2.05, 4.69) is 24.1 Å². The van der Waals surface area contributed by atoms with E-state index in [4.69, 9.17) is 10.5 Å². The second-order valence-electron chi connectivity index (χ2n) is 19.0. The van der Waals surface area contributed by atoms with Gasteiger partial charge < -0.3 is 20.9 Å². The van der Waals surface area contributed by atoms with Crippen LogP contribution in [0.4, 0.5) is 0 Å². The van der Waals surface area contributed by atoms with Crippen LogP contribution in [0.1, 0.15) is 167 Å². The highest BCUT2D eigenvalue weighted by molar-refractivity contribution is 6.00. The first-order valence-corrected chi connectivity index (χ1v) is 22.6. The van der Waals surface area contributed by atoms with Gasteiger partial charge in [0.2, 0.25) is 0 Å². The number of ether oxygens (including phenoxy) is 1. The van der Waals surface area contributed by atoms with Gasteiger partial charge in [-0.1, -0.05) is 95.8 Å². The molecule has 6 heteroatoms. The van der Waals surface area contributed by atoms with E-state index in [1.54, 1.807) is 7.11 Å². The summed E-state index contributed by atoms with van der Waals surface area (Å²) in [6.07, 6.45) is 26.7. The van der Waals surface area contributed by atoms with Crippen molar-refractivity contribution in [1.29, 1.82) is 0 Å². The average Bonchev–Trinajstić information content (AvgIpc) is 3.32. The predicted octanol–water partition coefficient (Wildman–Crippen LogP) is 9.01. The Morgan fingerprint density at radius 3 is 2.29 bits per heavy atom. The summed E-state index contributed by atoms with van der Waals surface area (Å²) in [6.45, 7) is 3.27. The molecular formula is C46H76N2O4. The minimum Gasteiger partial charge on any atom is -0.390 e. The number of ketones is 2. The molecule has 0 aromatic carbocycles. The zero-order valence-corrected chi connectivity index (χ0v) is 33.2. The summed E-state index contributed by atoms with van der Waals surface area (Å²) in [5.41, 5.74) is 6.40. The van der Waals surface area contributed by atoms with Gasteiger partial charge >= 0.3 is 0 Å². The van der Waals surface area contributed by atoms with E-state index >= 15 is 0 Å². The van der Waals surface area contributed by atoms with E-state index in [1.165, 1.54) is 109 Å². The van der Waals surface area contributed by atoms with E-state index < -0.39 is 6.10 Å². The van der Waals surface area contributed by atoms with Crippen molar-refractivity contribution in [2.45, 2.75) is 186 Å². The van der Waals surface area contributed by atoms with Crippen molar-refractivity contribution in [3.05, 3.63) is 0 Å². The van der Waals surface area contributed by atoms with Crippen LogP contribution in [0.2, 0.25) is 0 Å². The third kappa shape index (κ3) is 10.7. The number of piperidine rings is 1. The smallest absolute Gasteiger partial charge is 0.144 e. The van der Waals surface area contributed by atoms with Crippen LogP contribution in [0.3, 0.4) is 0 Å². The van der Waals surface area contributed by atoms with Crippen LogP contribution in [0.25, 0.3) is 0 Å². The van der Waals surface area contributed by atoms with Crippen LogP contribution in [-0.2, 0) is 14.3 Å². The van der Waals surface area contributed by atoms with Crippen LogP contribution in [0, 0.1) is 76.9 Å². The Hall–Kier alpha value is -1.26. The normalized spacial score (nSPS) is 40.3. The number of aliphatic hydroxyl groups excluding tert-OH is 1. The van der Waals surface area contributed by atoms with Gasteiger partial charge in [-0.3, -0.25) is 9.59 Å². The van der Waals surface area contributed by atoms with Crippen LogP contribution in [-0.4, -0.2) is 48.7 Å². The number of Topliss-reactive ketones (excluding diaryl/α,β-unsaturated/α-hetero) is 2. The highest BCUT2D eigenvalue weighted by atomic mass is 16.5. The Labute approximate surface area is 317 Å². The maximum absolute atomic E-state index is 14.3. The molecule has 0 aromatic rings. The van der Waals surface area contributed by atoms with E-state index in [0.717, 1.165) is 51.0 Å². The Bertz CT molecular complexity index is 1180. The largest absolute Gasteiger partial charge is 0.390 e. The Morgan fingerprint density at radius 1 is 0.788 bits per heavy atom. The number of aliphatic hydroxyl groups is 1. The lowest BCUT2D eigenvalue weighted by Crippen LogP contribution is -2.51. The molecule has 294 valence electrons. The van der Waals surface area contributed by atoms with Crippen molar-refractivity contribution in [3.63, 3.8) is 0 Å². The summed E-state index contributed by atoms with van der Waals surface area (Å²) in [5.74, 6) is 12.1. The summed E-state index contributed by atoms with van der Waals surface area (Å²) in [6, 6.07) is 0. The van der Waals surface area contributed by atoms with E-state index in [1.807, 2.05) is 0 Å². The summed E-state index contributed by atoms with van der Waals surface area (Å²) in [5, 5.41) is 15.6. The number of hydrogen-bond acceptors (Lipinski definition) is 6. The average molecular weight is 721 g/mol. The summed E-state index contributed by atoms with van der Waals surface area (Å²) in [4.78, 5) is 28.1. The van der Waals surface area contributed by atoms with Crippen LogP contribution < -0.4 is 11.1 Å². The minimum atomic E-state index is -0.487. The summed E-state index contributed by atoms with van der Waals surface area (Å²) in [7, 11) is 1.76. The van der Waals surface area contributed by atoms with Crippen molar-refractivity contribution >= 4 is 11.6 Å². The number of nitrogens with two attached hydrogens (primary N) is 1. The predicted molar refractivity (Wildman–Crippen MR) is 210 cm³/mol. The lowest BCUT2D eigenvalue weighted by molar-refractivity contribution is -0.132. The molecular weight excluding hydrogens is 645 g/mol. The van der Waals surface area contributed by atoms with Crippen LogP contribution in [0.15, 0.2) is 0 Å². The Balaban J connectivity index is 1.37. The van der Waals surface area contributed by atoms with Gasteiger partial charge in [-0.2, -0.15) is 0 Å². The van der Waals surface area contributed by atoms with Crippen molar-refractivity contribution in [2.24, 2.45) is 70.8 Å². The molecule has 12 unspecified atom stereocenters. The topological polar surface area (TPSA) is 102 Å². The van der Waals surface area contributed by atoms with Gasteiger partial charge in [-0.15, -0.1) is 0 Å². The fraction of sp³-hybridized carbons (Fsp3) is 0.913. The molecule has 1 saturated heterocycles. The van der Waals surface area contributed by atoms with Gasteiger partial charge in [0.15, 0.2) is 0 Å². The zero-order valence-electron chi connectivity index (χ0n) is 33.2. The molecule has 1 heterocycles. The number of nitrogens with one attached hydrogen (secondary N) is 1. The van der Waals surface area contributed by atoms with Gasteiger partial charge in [-0.05, 0) is 125 Å². The molecule has 0 amide bonds. The first kappa shape index (κ1) is 40.4. The van der Waals surface area contributed by atoms with Crippen molar-refractivity contribution in [1.82, 2.24) is 5.32 Å². The van der Waals surface area contributed by atoms with Crippen molar-refractivity contribution in [2.75, 3.05) is 13.7 Å². The number of methoxy groups -OCH3 is 1. The molecule has 6 nitrogen and oxygen atoms in total. The molecule has 5 aliphatic carbocycles. The molecule has 0 aromatic heterocycles. The minimum absolute atomic E-state index is 0.0113. The lowest BCUT2D eigenvalue weighted by atomic mass is 9.57. The molecule has 1 aliphatic heterocycles. The highest BCUT2D eigenvalue weighted by Crippen LogP contribution is 2.50. The first-order chi connectivity index (χ1) is 25.3. The molecule has 52 heavy (non-hydrogen) atoms. The summed E-state index contributed by atoms with van der Waals surface area (Å²) >= 11 is 0. The number of carbonyl (C=O) groups is 2. The fourth-order valence-electron chi connectivity index (χ4n) is 12.7. The number of carbonyl (C=O) groups excluding carboxylic acids is 2. The first-order valence-electron chi connectivity index (χ1n) is 22.6. The number of fused-ring (bicyclic) bond motifs is 2. The van der Waals surface area contributed by atoms with Gasteiger partial charge in [0.25, 0.3) is 0 Å². The maximum Gasteiger partial charge on any atom is 0.144 e. The van der Waals surface area contributed by atoms with Gasteiger partial charge in [-0.25, -0.2) is 0 Å². The van der Waals surface area contributed by atoms with Gasteiger partial charge in [0.1, 0.15) is 11.6 Å². The van der Waals surface area contributed by atoms with Crippen molar-refractivity contribution < 1.29 is 19.4 Å². The molecule has 4 saturated carbocycles. The summed E-state index contributed by atoms with van der Waals surface area (Å²) < 4.78 is 6.04. The zero-order chi connectivity index (χ0) is 36.5. The Morgan fingerprint density at radius 2 is 1.56 bits per heavy atom. The second-order valence-corrected chi connectivity index (χ2v) is 19.0. The molecule has 5 fully saturated rings. The van der Waals surface area contributed by atoms with Crippen molar-refractivity contribution in [3.8, 4) is 11.8 Å². The molecule has 6 rings (SSSR count). The third-order valence-corrected chi connectivity index (χ3v) is 15.4. The maximum atomic E-state index is 14.3. The van der Waals surface area contributed by atoms with Gasteiger partial charge in [0, 0.05) is 31.3 Å². The highest BCUT2D eigenvalue weighted by Gasteiger charge is 2.49. The Kier molecular flexibility index (Phi) is 15.6. The number of unbranched alkanes of at least 4 members (excludes halogenated alkanes) is 1. The van der Waals surface area contributed by atoms with E-state index in [9.17, 15) is 14.7 Å². The fourth-order valence-corrected chi connectivity index (χ4v) is 12.7. The molecule has 0 bridgehead atoms. The van der Waals surface area contributed by atoms with E-state index in [-0.39, 0.29) is 65.8 Å². The third-order valence-electron chi connectivity index (χ3n) is 15.4. The van der Waals surface area contributed by atoms with E-state index in [0.29, 0.717) is 30.1 Å². The monoisotopic (exact) mass is 721 g/mol. The molecule has 6 aliphatic rings. The quantitative estimate of drug-likeness (QED) is 0.154. The van der Waals surface area contributed by atoms with Gasteiger partial charge in [0.05, 0.1) is 24.8 Å². The second kappa shape index (κ2) is 20.1. The molecule has 12 atom stereocenters. The standard InChI is InChI=1S/C46H76N2O4/c1-3-4-11-32-24-34(25-33-22-23-48-44(47)28-33)26-36-18-21-39(35-14-9-6-10-15-35)45-37(17-19-38(49)30-42(50)41(36)27-32)29-43(52-2)46(51)40(45)20-16-31-12-7-5-8-13-31/h31-37,39-41,43-46,48,51H,3-17,19-20,22-30,47H2,1-2H3. The molecule has 4 N–H and O–H groups in total. The molecule has 0 radical (unpaired) electrons. The number of rotatable bonds is 10. The lowest BCUT2D eigenvalue weighted by Gasteiger charge is -2.49. The number of hydrogen-bond donors (Lipinski definition) is 3. The van der Waals surface area contributed by atoms with Crippen LogP contribution >= 0.6 is 0 Å².